The number of rotatable bonds is 11. The predicted octanol–water partition coefficient (Wildman–Crippen LogP) is 2.97. The molecule has 0 aliphatic carbocycles. The molecule has 1 heterocycles. The van der Waals surface area contributed by atoms with Crippen molar-refractivity contribution in [3.63, 3.8) is 0 Å². The molecule has 180 valence electrons. The second-order valence-corrected chi connectivity index (χ2v) is 8.48. The number of nitrogens with zero attached hydrogens (tertiary/aromatic N) is 3. The van der Waals surface area contributed by atoms with Crippen LogP contribution in [0.5, 0.6) is 0 Å². The van der Waals surface area contributed by atoms with Crippen molar-refractivity contribution in [2.75, 3.05) is 29.0 Å². The molecule has 0 aliphatic rings. The Hall–Kier alpha value is -3.34. The fourth-order valence-corrected chi connectivity index (χ4v) is 3.40. The molecule has 2 rings (SSSR count). The van der Waals surface area contributed by atoms with Crippen molar-refractivity contribution in [2.24, 2.45) is 5.92 Å². The summed E-state index contributed by atoms with van der Waals surface area (Å²) in [4.78, 5) is 51.9. The monoisotopic (exact) mass is 480 g/mol. The molecule has 1 aromatic carbocycles. The Labute approximate surface area is 195 Å². The van der Waals surface area contributed by atoms with Gasteiger partial charge in [-0.05, 0) is 30.9 Å². The van der Waals surface area contributed by atoms with E-state index in [4.69, 9.17) is 17.3 Å². The third-order valence-corrected chi connectivity index (χ3v) is 5.32. The lowest BCUT2D eigenvalue weighted by molar-refractivity contribution is -0.384. The molecule has 0 aliphatic heterocycles. The number of hydrogen-bond donors (Lipinski definition) is 3. The van der Waals surface area contributed by atoms with Crippen LogP contribution in [-0.4, -0.2) is 33.5 Å². The Morgan fingerprint density at radius 3 is 2.67 bits per heavy atom. The number of nitrogen functional groups attached to an aromatic ring is 1. The average Bonchev–Trinajstić information content (AvgIpc) is 2.72. The zero-order valence-electron chi connectivity index (χ0n) is 18.9. The molecule has 2 aromatic rings. The summed E-state index contributed by atoms with van der Waals surface area (Å²) in [6.45, 7) is 6.40. The number of nitro groups is 1. The second kappa shape index (κ2) is 11.5. The summed E-state index contributed by atoms with van der Waals surface area (Å²) in [5, 5.41) is 13.6. The van der Waals surface area contributed by atoms with Crippen molar-refractivity contribution in [1.82, 2.24) is 9.55 Å². The van der Waals surface area contributed by atoms with Crippen LogP contribution in [0.3, 0.4) is 0 Å². The minimum atomic E-state index is -0.677. The largest absolute Gasteiger partial charge is 0.383 e. The molecule has 1 aromatic heterocycles. The van der Waals surface area contributed by atoms with Crippen LogP contribution in [0.15, 0.2) is 27.8 Å². The van der Waals surface area contributed by atoms with E-state index in [-0.39, 0.29) is 40.4 Å². The number of aromatic amines is 1. The lowest BCUT2D eigenvalue weighted by Crippen LogP contribution is -2.42. The van der Waals surface area contributed by atoms with E-state index in [1.807, 2.05) is 20.8 Å². The van der Waals surface area contributed by atoms with Gasteiger partial charge >= 0.3 is 5.69 Å². The van der Waals surface area contributed by atoms with Crippen molar-refractivity contribution in [3.8, 4) is 0 Å². The number of H-pyrrole nitrogens is 1. The first-order valence-electron chi connectivity index (χ1n) is 10.7. The summed E-state index contributed by atoms with van der Waals surface area (Å²) >= 11 is 5.82. The molecule has 0 unspecified atom stereocenters. The van der Waals surface area contributed by atoms with Crippen LogP contribution in [0.25, 0.3) is 0 Å². The van der Waals surface area contributed by atoms with Gasteiger partial charge in [-0.15, -0.1) is 0 Å². The fraction of sp³-hybridized carbons (Fsp3) is 0.476. The van der Waals surface area contributed by atoms with Crippen molar-refractivity contribution in [2.45, 2.75) is 46.6 Å². The number of benzene rings is 1. The number of hydrogen-bond acceptors (Lipinski definition) is 7. The summed E-state index contributed by atoms with van der Waals surface area (Å²) in [5.41, 5.74) is 4.83. The first-order chi connectivity index (χ1) is 15.5. The highest BCUT2D eigenvalue weighted by Gasteiger charge is 2.22. The zero-order chi connectivity index (χ0) is 24.7. The third kappa shape index (κ3) is 6.82. The average molecular weight is 481 g/mol. The Morgan fingerprint density at radius 1 is 1.36 bits per heavy atom. The smallest absolute Gasteiger partial charge is 0.330 e. The van der Waals surface area contributed by atoms with Crippen LogP contribution in [0.4, 0.5) is 22.9 Å². The van der Waals surface area contributed by atoms with Crippen LogP contribution < -0.4 is 27.2 Å². The lowest BCUT2D eigenvalue weighted by Gasteiger charge is -2.26. The molecule has 0 spiro atoms. The molecular formula is C21H29ClN6O5. The highest BCUT2D eigenvalue weighted by molar-refractivity contribution is 6.32. The van der Waals surface area contributed by atoms with Gasteiger partial charge in [0.2, 0.25) is 5.91 Å². The van der Waals surface area contributed by atoms with E-state index in [0.717, 1.165) is 12.5 Å². The van der Waals surface area contributed by atoms with E-state index < -0.39 is 22.1 Å². The Kier molecular flexibility index (Phi) is 9.03. The first kappa shape index (κ1) is 25.9. The Bertz CT molecular complexity index is 1130. The van der Waals surface area contributed by atoms with Crippen molar-refractivity contribution >= 4 is 40.4 Å². The normalized spacial score (nSPS) is 10.9. The van der Waals surface area contributed by atoms with Crippen LogP contribution in [0.2, 0.25) is 5.02 Å². The number of halogens is 1. The van der Waals surface area contributed by atoms with Gasteiger partial charge in [0.25, 0.3) is 11.2 Å². The molecule has 1 amide bonds. The number of carbonyl (C=O) groups is 1. The molecule has 11 nitrogen and oxygen atoms in total. The minimum absolute atomic E-state index is 0.00381. The number of nitrogens with one attached hydrogen (secondary N) is 2. The van der Waals surface area contributed by atoms with Gasteiger partial charge in [0.1, 0.15) is 16.5 Å². The minimum Gasteiger partial charge on any atom is -0.383 e. The van der Waals surface area contributed by atoms with Crippen molar-refractivity contribution in [1.29, 1.82) is 0 Å². The van der Waals surface area contributed by atoms with Crippen LogP contribution in [0, 0.1) is 16.0 Å². The summed E-state index contributed by atoms with van der Waals surface area (Å²) in [5.74, 6) is -0.239. The van der Waals surface area contributed by atoms with E-state index in [1.54, 1.807) is 0 Å². The third-order valence-electron chi connectivity index (χ3n) is 5.00. The van der Waals surface area contributed by atoms with Gasteiger partial charge in [0.05, 0.1) is 11.5 Å². The summed E-state index contributed by atoms with van der Waals surface area (Å²) in [7, 11) is 0. The van der Waals surface area contributed by atoms with Gasteiger partial charge in [-0.1, -0.05) is 38.8 Å². The number of anilines is 3. The summed E-state index contributed by atoms with van der Waals surface area (Å²) in [6, 6.07) is 3.92. The molecule has 0 atom stereocenters. The SMILES string of the molecule is CCCCn1c(N)c(N(CCC(C)C)CC(=O)Nc2ccc(Cl)c([N+](=O)[O-])c2)c(=O)[nH]c1=O. The zero-order valence-corrected chi connectivity index (χ0v) is 19.6. The Balaban J connectivity index is 2.37. The molecule has 0 saturated carbocycles. The van der Waals surface area contributed by atoms with Gasteiger partial charge in [0, 0.05) is 24.8 Å². The van der Waals surface area contributed by atoms with E-state index in [2.05, 4.69) is 10.3 Å². The van der Waals surface area contributed by atoms with Gasteiger partial charge in [-0.3, -0.25) is 29.3 Å². The highest BCUT2D eigenvalue weighted by Crippen LogP contribution is 2.27. The highest BCUT2D eigenvalue weighted by atomic mass is 35.5. The topological polar surface area (TPSA) is 156 Å². The van der Waals surface area contributed by atoms with Gasteiger partial charge in [-0.25, -0.2) is 4.79 Å². The maximum Gasteiger partial charge on any atom is 0.330 e. The fourth-order valence-electron chi connectivity index (χ4n) is 3.21. The van der Waals surface area contributed by atoms with Crippen molar-refractivity contribution in [3.05, 3.63) is 54.2 Å². The quantitative estimate of drug-likeness (QED) is 0.329. The molecule has 33 heavy (non-hydrogen) atoms. The lowest BCUT2D eigenvalue weighted by atomic mass is 10.1. The standard InChI is InChI=1S/C21H29ClN6O5/c1-4-5-9-27-19(23)18(20(30)25-21(27)31)26(10-8-13(2)3)12-17(29)24-14-6-7-15(22)16(11-14)28(32)33/h6-7,11,13H,4-5,8-10,12,23H2,1-3H3,(H,24,29)(H,25,30,31). The Morgan fingerprint density at radius 2 is 2.06 bits per heavy atom. The van der Waals surface area contributed by atoms with E-state index in [9.17, 15) is 24.5 Å². The number of carbonyl (C=O) groups excluding carboxylic acids is 1. The number of unbranched alkanes of at least 4 members (excludes halogenated alkanes) is 1. The van der Waals surface area contributed by atoms with E-state index in [1.165, 1.54) is 21.6 Å². The molecule has 4 N–H and O–H groups in total. The van der Waals surface area contributed by atoms with Gasteiger partial charge < -0.3 is 16.0 Å². The number of aromatic nitrogens is 2. The van der Waals surface area contributed by atoms with Gasteiger partial charge in [-0.2, -0.15) is 0 Å². The van der Waals surface area contributed by atoms with Crippen LogP contribution >= 0.6 is 11.6 Å². The predicted molar refractivity (Wildman–Crippen MR) is 129 cm³/mol. The van der Waals surface area contributed by atoms with E-state index >= 15 is 0 Å². The second-order valence-electron chi connectivity index (χ2n) is 8.07. The number of nitro benzene ring substituents is 1. The summed E-state index contributed by atoms with van der Waals surface area (Å²) < 4.78 is 1.29. The molecule has 0 radical (unpaired) electrons. The molecule has 0 fully saturated rings. The molecular weight excluding hydrogens is 452 g/mol. The maximum absolute atomic E-state index is 12.8. The molecule has 0 bridgehead atoms. The van der Waals surface area contributed by atoms with Gasteiger partial charge in [0.15, 0.2) is 0 Å². The van der Waals surface area contributed by atoms with Crippen LogP contribution in [-0.2, 0) is 11.3 Å². The summed E-state index contributed by atoms with van der Waals surface area (Å²) in [6.07, 6.45) is 2.18. The maximum atomic E-state index is 12.8. The molecule has 12 heteroatoms. The van der Waals surface area contributed by atoms with Crippen molar-refractivity contribution < 1.29 is 9.72 Å². The van der Waals surface area contributed by atoms with Crippen LogP contribution in [0.1, 0.15) is 40.0 Å². The number of amides is 1. The number of nitrogens with two attached hydrogens (primary N) is 1. The molecule has 0 saturated heterocycles. The first-order valence-corrected chi connectivity index (χ1v) is 11.0. The van der Waals surface area contributed by atoms with E-state index in [0.29, 0.717) is 25.9 Å².